The van der Waals surface area contributed by atoms with Crippen molar-refractivity contribution in [3.05, 3.63) is 24.3 Å². The predicted octanol–water partition coefficient (Wildman–Crippen LogP) is 0.294. The molecule has 2 rings (SSSR count). The van der Waals surface area contributed by atoms with Crippen LogP contribution in [0.15, 0.2) is 24.3 Å². The molecule has 0 spiro atoms. The van der Waals surface area contributed by atoms with Gasteiger partial charge in [0.2, 0.25) is 0 Å². The largest absolute Gasteiger partial charge is 0.497 e. The van der Waals surface area contributed by atoms with E-state index < -0.39 is 0 Å². The van der Waals surface area contributed by atoms with Crippen molar-refractivity contribution >= 4 is 5.97 Å². The quantitative estimate of drug-likeness (QED) is 0.788. The van der Waals surface area contributed by atoms with Crippen LogP contribution in [0.25, 0.3) is 0 Å². The summed E-state index contributed by atoms with van der Waals surface area (Å²) >= 11 is 0. The third kappa shape index (κ3) is 4.42. The van der Waals surface area contributed by atoms with Gasteiger partial charge in [-0.1, -0.05) is 0 Å². The van der Waals surface area contributed by atoms with Crippen molar-refractivity contribution in [2.24, 2.45) is 0 Å². The first kappa shape index (κ1) is 14.7. The number of benzene rings is 1. The Morgan fingerprint density at radius 1 is 1.20 bits per heavy atom. The Hall–Kier alpha value is -1.75. The summed E-state index contributed by atoms with van der Waals surface area (Å²) in [7, 11) is 3.77. The van der Waals surface area contributed by atoms with E-state index in [9.17, 15) is 4.79 Å². The molecule has 0 saturated carbocycles. The number of hydrogen-bond acceptors (Lipinski definition) is 4. The Balaban J connectivity index is 1.71. The van der Waals surface area contributed by atoms with Crippen LogP contribution in [0.2, 0.25) is 0 Å². The lowest BCUT2D eigenvalue weighted by Gasteiger charge is -2.26. The SMILES string of the molecule is COc1ccc(OCC(=O)OC2CC[NH+](C)CC2)cc1. The topological polar surface area (TPSA) is 49.2 Å². The Morgan fingerprint density at radius 3 is 2.40 bits per heavy atom. The van der Waals surface area contributed by atoms with E-state index in [0.717, 1.165) is 31.7 Å². The molecule has 0 aliphatic carbocycles. The maximum atomic E-state index is 11.7. The van der Waals surface area contributed by atoms with Gasteiger partial charge < -0.3 is 19.1 Å². The van der Waals surface area contributed by atoms with Crippen LogP contribution >= 0.6 is 0 Å². The van der Waals surface area contributed by atoms with Crippen molar-refractivity contribution in [1.82, 2.24) is 0 Å². The number of quaternary nitrogens is 1. The van der Waals surface area contributed by atoms with Crippen LogP contribution in [-0.4, -0.2) is 45.9 Å². The zero-order valence-corrected chi connectivity index (χ0v) is 12.1. The number of methoxy groups -OCH3 is 1. The Kier molecular flexibility index (Phi) is 5.24. The summed E-state index contributed by atoms with van der Waals surface area (Å²) in [5, 5.41) is 0. The molecule has 0 amide bonds. The fourth-order valence-electron chi connectivity index (χ4n) is 2.24. The lowest BCUT2D eigenvalue weighted by molar-refractivity contribution is -0.885. The summed E-state index contributed by atoms with van der Waals surface area (Å²) in [6.45, 7) is 2.06. The minimum atomic E-state index is -0.301. The molecule has 110 valence electrons. The van der Waals surface area contributed by atoms with E-state index in [1.165, 1.54) is 4.90 Å². The Labute approximate surface area is 119 Å². The molecule has 5 nitrogen and oxygen atoms in total. The maximum absolute atomic E-state index is 11.7. The molecule has 1 N–H and O–H groups in total. The molecular weight excluding hydrogens is 258 g/mol. The molecule has 1 aliphatic rings. The Bertz CT molecular complexity index is 424. The van der Waals surface area contributed by atoms with Gasteiger partial charge in [-0.05, 0) is 24.3 Å². The monoisotopic (exact) mass is 280 g/mol. The van der Waals surface area contributed by atoms with Crippen LogP contribution in [0.1, 0.15) is 12.8 Å². The minimum Gasteiger partial charge on any atom is -0.497 e. The highest BCUT2D eigenvalue weighted by molar-refractivity contribution is 5.71. The number of rotatable bonds is 5. The van der Waals surface area contributed by atoms with Gasteiger partial charge >= 0.3 is 5.97 Å². The first-order valence-electron chi connectivity index (χ1n) is 6.95. The standard InChI is InChI=1S/C15H21NO4/c1-16-9-7-14(8-10-16)20-15(17)11-19-13-5-3-12(18-2)4-6-13/h3-6,14H,7-11H2,1-2H3/p+1. The van der Waals surface area contributed by atoms with Crippen LogP contribution < -0.4 is 14.4 Å². The van der Waals surface area contributed by atoms with E-state index in [2.05, 4.69) is 7.05 Å². The summed E-state index contributed by atoms with van der Waals surface area (Å²) in [6.07, 6.45) is 1.91. The van der Waals surface area contributed by atoms with Gasteiger partial charge in [0, 0.05) is 12.8 Å². The van der Waals surface area contributed by atoms with Crippen molar-refractivity contribution in [3.63, 3.8) is 0 Å². The maximum Gasteiger partial charge on any atom is 0.344 e. The fraction of sp³-hybridized carbons (Fsp3) is 0.533. The van der Waals surface area contributed by atoms with Crippen LogP contribution in [0.3, 0.4) is 0 Å². The van der Waals surface area contributed by atoms with E-state index in [1.807, 2.05) is 0 Å². The third-order valence-corrected chi connectivity index (χ3v) is 3.50. The molecule has 0 unspecified atom stereocenters. The predicted molar refractivity (Wildman–Crippen MR) is 74.2 cm³/mol. The number of esters is 1. The molecule has 0 radical (unpaired) electrons. The summed E-state index contributed by atoms with van der Waals surface area (Å²) in [5.41, 5.74) is 0. The van der Waals surface area contributed by atoms with Crippen molar-refractivity contribution < 1.29 is 23.9 Å². The number of carbonyl (C=O) groups excluding carboxylic acids is 1. The Morgan fingerprint density at radius 2 is 1.80 bits per heavy atom. The van der Waals surface area contributed by atoms with Crippen molar-refractivity contribution in [3.8, 4) is 11.5 Å². The molecular formula is C15H22NO4+. The highest BCUT2D eigenvalue weighted by Crippen LogP contribution is 2.17. The van der Waals surface area contributed by atoms with Gasteiger partial charge in [0.1, 0.15) is 17.6 Å². The number of piperidine rings is 1. The van der Waals surface area contributed by atoms with Crippen LogP contribution in [0.5, 0.6) is 11.5 Å². The van der Waals surface area contributed by atoms with Crippen molar-refractivity contribution in [2.45, 2.75) is 18.9 Å². The molecule has 1 aromatic carbocycles. The zero-order chi connectivity index (χ0) is 14.4. The highest BCUT2D eigenvalue weighted by atomic mass is 16.6. The number of nitrogens with one attached hydrogen (secondary N) is 1. The second-order valence-electron chi connectivity index (χ2n) is 5.11. The normalized spacial score (nSPS) is 22.1. The van der Waals surface area contributed by atoms with E-state index in [-0.39, 0.29) is 18.7 Å². The number of likely N-dealkylation sites (tertiary alicyclic amines) is 1. The number of ether oxygens (including phenoxy) is 3. The lowest BCUT2D eigenvalue weighted by Crippen LogP contribution is -3.10. The second-order valence-corrected chi connectivity index (χ2v) is 5.11. The molecule has 1 saturated heterocycles. The summed E-state index contributed by atoms with van der Waals surface area (Å²) in [6, 6.07) is 7.12. The van der Waals surface area contributed by atoms with Crippen molar-refractivity contribution in [2.75, 3.05) is 33.9 Å². The van der Waals surface area contributed by atoms with Gasteiger partial charge in [0.15, 0.2) is 6.61 Å². The smallest absolute Gasteiger partial charge is 0.344 e. The summed E-state index contributed by atoms with van der Waals surface area (Å²) in [4.78, 5) is 13.2. The van der Waals surface area contributed by atoms with Crippen LogP contribution in [0, 0.1) is 0 Å². The van der Waals surface area contributed by atoms with Crippen molar-refractivity contribution in [1.29, 1.82) is 0 Å². The van der Waals surface area contributed by atoms with E-state index >= 15 is 0 Å². The van der Waals surface area contributed by atoms with Gasteiger partial charge in [-0.3, -0.25) is 0 Å². The summed E-state index contributed by atoms with van der Waals surface area (Å²) < 4.78 is 15.9. The minimum absolute atomic E-state index is 0.0469. The summed E-state index contributed by atoms with van der Waals surface area (Å²) in [5.74, 6) is 1.09. The van der Waals surface area contributed by atoms with E-state index in [0.29, 0.717) is 5.75 Å². The van der Waals surface area contributed by atoms with Crippen LogP contribution in [0.4, 0.5) is 0 Å². The van der Waals surface area contributed by atoms with Crippen LogP contribution in [-0.2, 0) is 9.53 Å². The van der Waals surface area contributed by atoms with Gasteiger partial charge in [-0.2, -0.15) is 0 Å². The first-order chi connectivity index (χ1) is 9.67. The molecule has 1 heterocycles. The van der Waals surface area contributed by atoms with Gasteiger partial charge in [0.05, 0.1) is 27.2 Å². The second kappa shape index (κ2) is 7.14. The third-order valence-electron chi connectivity index (χ3n) is 3.50. The van der Waals surface area contributed by atoms with E-state index in [4.69, 9.17) is 14.2 Å². The zero-order valence-electron chi connectivity index (χ0n) is 12.1. The van der Waals surface area contributed by atoms with Gasteiger partial charge in [0.25, 0.3) is 0 Å². The molecule has 0 aromatic heterocycles. The van der Waals surface area contributed by atoms with Gasteiger partial charge in [-0.15, -0.1) is 0 Å². The van der Waals surface area contributed by atoms with E-state index in [1.54, 1.807) is 31.4 Å². The number of hydrogen-bond donors (Lipinski definition) is 1. The molecule has 5 heteroatoms. The van der Waals surface area contributed by atoms with Gasteiger partial charge in [-0.25, -0.2) is 4.79 Å². The molecule has 1 fully saturated rings. The average Bonchev–Trinajstić information content (AvgIpc) is 2.48. The lowest BCUT2D eigenvalue weighted by atomic mass is 10.1. The molecule has 1 aromatic rings. The molecule has 0 bridgehead atoms. The molecule has 0 atom stereocenters. The molecule has 20 heavy (non-hydrogen) atoms. The average molecular weight is 280 g/mol. The molecule has 1 aliphatic heterocycles. The number of carbonyl (C=O) groups is 1. The first-order valence-corrected chi connectivity index (χ1v) is 6.95. The fourth-order valence-corrected chi connectivity index (χ4v) is 2.24. The highest BCUT2D eigenvalue weighted by Gasteiger charge is 2.22.